The van der Waals surface area contributed by atoms with Crippen molar-refractivity contribution in [3.05, 3.63) is 123 Å². The number of hydrogen-bond donors (Lipinski definition) is 0. The molecule has 5 rings (SSSR count). The van der Waals surface area contributed by atoms with Gasteiger partial charge in [0.05, 0.1) is 12.0 Å². The molecule has 38 heavy (non-hydrogen) atoms. The fourth-order valence-electron chi connectivity index (χ4n) is 4.24. The zero-order chi connectivity index (χ0) is 26.6. The van der Waals surface area contributed by atoms with Crippen LogP contribution in [0.4, 0.5) is 4.39 Å². The second kappa shape index (κ2) is 10.6. The molecule has 0 N–H and O–H groups in total. The molecule has 0 bridgehead atoms. The van der Waals surface area contributed by atoms with Crippen LogP contribution in [0, 0.1) is 5.82 Å². The molecule has 0 aliphatic rings. The molecule has 190 valence electrons. The van der Waals surface area contributed by atoms with Crippen molar-refractivity contribution >= 4 is 28.6 Å². The summed E-state index contributed by atoms with van der Waals surface area (Å²) in [6.07, 6.45) is 2.09. The van der Waals surface area contributed by atoms with E-state index < -0.39 is 17.7 Å². The van der Waals surface area contributed by atoms with Crippen molar-refractivity contribution in [3.8, 4) is 0 Å². The number of fused-ring (bicyclic) bond motifs is 2. The molecule has 0 radical (unpaired) electrons. The minimum absolute atomic E-state index is 0.0149. The van der Waals surface area contributed by atoms with E-state index in [1.807, 2.05) is 30.3 Å². The van der Waals surface area contributed by atoms with Crippen LogP contribution in [0.15, 0.2) is 94.8 Å². The van der Waals surface area contributed by atoms with E-state index in [2.05, 4.69) is 4.99 Å². The molecule has 0 fully saturated rings. The fourth-order valence-corrected chi connectivity index (χ4v) is 4.24. The van der Waals surface area contributed by atoms with Crippen LogP contribution >= 0.6 is 0 Å². The average molecular weight is 511 g/mol. The largest absolute Gasteiger partial charge is 0.462 e. The first-order chi connectivity index (χ1) is 18.5. The van der Waals surface area contributed by atoms with Crippen LogP contribution in [-0.4, -0.2) is 32.4 Å². The number of halogens is 1. The molecule has 0 saturated carbocycles. The molecule has 2 aromatic carbocycles. The summed E-state index contributed by atoms with van der Waals surface area (Å²) in [4.78, 5) is 48.6. The van der Waals surface area contributed by atoms with Crippen LogP contribution in [-0.2, 0) is 17.7 Å². The minimum atomic E-state index is -0.750. The highest BCUT2D eigenvalue weighted by Gasteiger charge is 2.20. The number of ether oxygens (including phenoxy) is 1. The molecular formula is C29H23FN4O4. The van der Waals surface area contributed by atoms with E-state index in [4.69, 9.17) is 9.72 Å². The van der Waals surface area contributed by atoms with E-state index in [1.165, 1.54) is 28.7 Å². The van der Waals surface area contributed by atoms with E-state index in [0.717, 1.165) is 11.6 Å². The molecular weight excluding hydrogens is 487 g/mol. The number of hydrogen-bond acceptors (Lipinski definition) is 5. The van der Waals surface area contributed by atoms with Crippen molar-refractivity contribution in [3.63, 3.8) is 0 Å². The van der Waals surface area contributed by atoms with Crippen molar-refractivity contribution < 1.29 is 18.7 Å². The smallest absolute Gasteiger partial charge is 0.341 e. The van der Waals surface area contributed by atoms with Crippen molar-refractivity contribution in [2.45, 2.75) is 19.9 Å². The number of esters is 1. The van der Waals surface area contributed by atoms with Gasteiger partial charge in [-0.2, -0.15) is 4.99 Å². The first-order valence-electron chi connectivity index (χ1n) is 12.1. The lowest BCUT2D eigenvalue weighted by Crippen LogP contribution is -2.33. The van der Waals surface area contributed by atoms with Gasteiger partial charge in [-0.05, 0) is 55.3 Å². The normalized spacial score (nSPS) is 11.7. The number of amides is 1. The average Bonchev–Trinajstić information content (AvgIpc) is 2.93. The summed E-state index contributed by atoms with van der Waals surface area (Å²) in [5.41, 5.74) is 1.20. The number of aromatic nitrogens is 3. The molecule has 3 aromatic heterocycles. The zero-order valence-corrected chi connectivity index (χ0v) is 20.5. The summed E-state index contributed by atoms with van der Waals surface area (Å²) >= 11 is 0. The monoisotopic (exact) mass is 510 g/mol. The van der Waals surface area contributed by atoms with Crippen LogP contribution in [0.5, 0.6) is 0 Å². The van der Waals surface area contributed by atoms with Crippen molar-refractivity contribution in [2.75, 3.05) is 6.61 Å². The highest BCUT2D eigenvalue weighted by Crippen LogP contribution is 2.13. The Labute approximate surface area is 216 Å². The number of rotatable bonds is 6. The summed E-state index contributed by atoms with van der Waals surface area (Å²) < 4.78 is 22.1. The molecule has 0 saturated heterocycles. The van der Waals surface area contributed by atoms with Crippen LogP contribution in [0.2, 0.25) is 0 Å². The number of benzene rings is 2. The molecule has 5 aromatic rings. The van der Waals surface area contributed by atoms with Crippen LogP contribution in [0.25, 0.3) is 16.7 Å². The lowest BCUT2D eigenvalue weighted by atomic mass is 10.1. The highest BCUT2D eigenvalue weighted by molar-refractivity contribution is 5.97. The van der Waals surface area contributed by atoms with Crippen molar-refractivity contribution in [1.82, 2.24) is 14.0 Å². The van der Waals surface area contributed by atoms with Gasteiger partial charge in [0.1, 0.15) is 22.7 Å². The zero-order valence-electron chi connectivity index (χ0n) is 20.5. The third kappa shape index (κ3) is 4.86. The van der Waals surface area contributed by atoms with Gasteiger partial charge in [0.2, 0.25) is 0 Å². The van der Waals surface area contributed by atoms with Crippen LogP contribution in [0.3, 0.4) is 0 Å². The Bertz CT molecular complexity index is 1810. The van der Waals surface area contributed by atoms with Gasteiger partial charge in [-0.15, -0.1) is 0 Å². The standard InChI is InChI=1S/C29H23FN4O4/c1-2-38-29(37)23-18-22-25(31-24-13-6-7-15-33(24)28(22)36)34(16-14-19-9-4-3-5-10-19)26(23)32-27(35)20-11-8-12-21(30)17-20/h3-13,15,17-18H,2,14,16H2,1H3. The summed E-state index contributed by atoms with van der Waals surface area (Å²) in [5, 5.41) is 0.168. The molecule has 0 aliphatic carbocycles. The lowest BCUT2D eigenvalue weighted by molar-refractivity contribution is 0.0523. The summed E-state index contributed by atoms with van der Waals surface area (Å²) in [7, 11) is 0. The Kier molecular flexibility index (Phi) is 6.90. The highest BCUT2D eigenvalue weighted by atomic mass is 19.1. The molecule has 0 unspecified atom stereocenters. The van der Waals surface area contributed by atoms with Gasteiger partial charge in [-0.25, -0.2) is 14.2 Å². The van der Waals surface area contributed by atoms with Gasteiger partial charge in [-0.3, -0.25) is 14.0 Å². The fraction of sp³-hybridized carbons (Fsp3) is 0.138. The van der Waals surface area contributed by atoms with E-state index in [9.17, 15) is 18.8 Å². The third-order valence-corrected chi connectivity index (χ3v) is 6.03. The van der Waals surface area contributed by atoms with Crippen molar-refractivity contribution in [1.29, 1.82) is 0 Å². The Morgan fingerprint density at radius 3 is 2.55 bits per heavy atom. The molecule has 0 atom stereocenters. The topological polar surface area (TPSA) is 95.0 Å². The number of carbonyl (C=O) groups is 2. The predicted octanol–water partition coefficient (Wildman–Crippen LogP) is 3.95. The van der Waals surface area contributed by atoms with E-state index in [1.54, 1.807) is 35.9 Å². The van der Waals surface area contributed by atoms with Gasteiger partial charge in [0.25, 0.3) is 11.5 Å². The van der Waals surface area contributed by atoms with Gasteiger partial charge in [-0.1, -0.05) is 42.5 Å². The lowest BCUT2D eigenvalue weighted by Gasteiger charge is -2.15. The maximum Gasteiger partial charge on any atom is 0.341 e. The van der Waals surface area contributed by atoms with E-state index in [0.29, 0.717) is 12.1 Å². The van der Waals surface area contributed by atoms with Gasteiger partial charge < -0.3 is 9.30 Å². The van der Waals surface area contributed by atoms with Crippen LogP contribution < -0.4 is 11.0 Å². The SMILES string of the molecule is CCOC(=O)c1cc2c(=O)n3ccccc3nc2n(CCc2ccccc2)c1=NC(=O)c1cccc(F)c1. The summed E-state index contributed by atoms with van der Waals surface area (Å²) in [6.45, 7) is 1.98. The molecule has 9 heteroatoms. The van der Waals surface area contributed by atoms with Gasteiger partial charge in [0, 0.05) is 18.3 Å². The Balaban J connectivity index is 1.84. The minimum Gasteiger partial charge on any atom is -0.462 e. The number of nitrogens with zero attached hydrogens (tertiary/aromatic N) is 4. The Hall–Kier alpha value is -4.92. The summed E-state index contributed by atoms with van der Waals surface area (Å²) in [5.74, 6) is -2.08. The Morgan fingerprint density at radius 2 is 1.79 bits per heavy atom. The maximum atomic E-state index is 13.8. The molecule has 3 heterocycles. The first kappa shape index (κ1) is 24.8. The number of aryl methyl sites for hydroxylation is 2. The first-order valence-corrected chi connectivity index (χ1v) is 12.1. The molecule has 0 spiro atoms. The maximum absolute atomic E-state index is 13.8. The van der Waals surface area contributed by atoms with Crippen molar-refractivity contribution in [2.24, 2.45) is 4.99 Å². The van der Waals surface area contributed by atoms with E-state index in [-0.39, 0.29) is 46.4 Å². The third-order valence-electron chi connectivity index (χ3n) is 6.03. The van der Waals surface area contributed by atoms with Gasteiger partial charge >= 0.3 is 5.97 Å². The van der Waals surface area contributed by atoms with Crippen LogP contribution in [0.1, 0.15) is 33.2 Å². The second-order valence-corrected chi connectivity index (χ2v) is 8.50. The second-order valence-electron chi connectivity index (χ2n) is 8.50. The van der Waals surface area contributed by atoms with E-state index >= 15 is 0 Å². The molecule has 0 aliphatic heterocycles. The Morgan fingerprint density at radius 1 is 1.00 bits per heavy atom. The molecule has 1 amide bonds. The quantitative estimate of drug-likeness (QED) is 0.255. The molecule has 8 nitrogen and oxygen atoms in total. The number of carbonyl (C=O) groups excluding carboxylic acids is 2. The van der Waals surface area contributed by atoms with Gasteiger partial charge in [0.15, 0.2) is 5.49 Å². The predicted molar refractivity (Wildman–Crippen MR) is 139 cm³/mol. The summed E-state index contributed by atoms with van der Waals surface area (Å²) in [6, 6.07) is 21.3. The number of pyridine rings is 2.